The molecular weight excluding hydrogens is 234 g/mol. The molecule has 0 saturated heterocycles. The molecule has 0 spiro atoms. The minimum atomic E-state index is -0.255. The Morgan fingerprint density at radius 3 is 2.50 bits per heavy atom. The Balaban J connectivity index is 3.00. The molecule has 1 aromatic heterocycles. The zero-order chi connectivity index (χ0) is 13.5. The van der Waals surface area contributed by atoms with E-state index >= 15 is 0 Å². The summed E-state index contributed by atoms with van der Waals surface area (Å²) in [5.41, 5.74) is 1.94. The maximum absolute atomic E-state index is 12.2. The highest BCUT2D eigenvalue weighted by atomic mass is 16.3. The van der Waals surface area contributed by atoms with Crippen molar-refractivity contribution in [3.63, 3.8) is 0 Å². The van der Waals surface area contributed by atoms with Crippen LogP contribution in [-0.2, 0) is 0 Å². The van der Waals surface area contributed by atoms with E-state index in [0.717, 1.165) is 5.69 Å². The van der Waals surface area contributed by atoms with Gasteiger partial charge < -0.3 is 20.4 Å². The third-order valence-electron chi connectivity index (χ3n) is 2.57. The van der Waals surface area contributed by atoms with Crippen LogP contribution in [0.5, 0.6) is 0 Å². The van der Waals surface area contributed by atoms with E-state index in [-0.39, 0.29) is 32.2 Å². The molecule has 100 valence electrons. The summed E-state index contributed by atoms with van der Waals surface area (Å²) in [6, 6.07) is 1.78. The summed E-state index contributed by atoms with van der Waals surface area (Å²) in [5.74, 6) is -0.255. The lowest BCUT2D eigenvalue weighted by Gasteiger charge is -2.21. The number of pyridine rings is 1. The first-order valence-electron chi connectivity index (χ1n) is 5.79. The first kappa shape index (κ1) is 14.4. The number of aliphatic hydroxyl groups excluding tert-OH is 2. The van der Waals surface area contributed by atoms with Crippen molar-refractivity contribution in [3.05, 3.63) is 23.5 Å². The van der Waals surface area contributed by atoms with Gasteiger partial charge in [0.1, 0.15) is 0 Å². The van der Waals surface area contributed by atoms with E-state index in [1.807, 2.05) is 6.92 Å². The number of carbonyl (C=O) groups excluding carboxylic acids is 1. The van der Waals surface area contributed by atoms with Gasteiger partial charge in [0.15, 0.2) is 0 Å². The van der Waals surface area contributed by atoms with Crippen LogP contribution in [0.1, 0.15) is 16.1 Å². The molecule has 0 fully saturated rings. The normalized spacial score (nSPS) is 10.2. The van der Waals surface area contributed by atoms with Crippen molar-refractivity contribution in [2.45, 2.75) is 6.92 Å². The molecule has 3 N–H and O–H groups in total. The number of aromatic nitrogens is 1. The smallest absolute Gasteiger partial charge is 0.257 e. The Kier molecular flexibility index (Phi) is 5.54. The number of rotatable bonds is 6. The molecule has 0 aromatic carbocycles. The van der Waals surface area contributed by atoms with Gasteiger partial charge in [-0.2, -0.15) is 0 Å². The molecule has 1 amide bonds. The van der Waals surface area contributed by atoms with Gasteiger partial charge in [0.2, 0.25) is 0 Å². The SMILES string of the molecule is CNc1cc(C)ncc1C(=O)N(CCO)CCO. The van der Waals surface area contributed by atoms with Crippen LogP contribution in [0.15, 0.2) is 12.3 Å². The maximum Gasteiger partial charge on any atom is 0.257 e. The van der Waals surface area contributed by atoms with Gasteiger partial charge in [-0.25, -0.2) is 0 Å². The number of aliphatic hydroxyl groups is 2. The number of nitrogens with zero attached hydrogens (tertiary/aromatic N) is 2. The average Bonchev–Trinajstić information content (AvgIpc) is 2.37. The van der Waals surface area contributed by atoms with E-state index in [2.05, 4.69) is 10.3 Å². The zero-order valence-corrected chi connectivity index (χ0v) is 10.7. The van der Waals surface area contributed by atoms with E-state index in [0.29, 0.717) is 11.3 Å². The topological polar surface area (TPSA) is 85.7 Å². The van der Waals surface area contributed by atoms with E-state index in [1.54, 1.807) is 13.1 Å². The van der Waals surface area contributed by atoms with Crippen LogP contribution < -0.4 is 5.32 Å². The number of carbonyl (C=O) groups is 1. The third kappa shape index (κ3) is 3.41. The Labute approximate surface area is 106 Å². The minimum Gasteiger partial charge on any atom is -0.395 e. The van der Waals surface area contributed by atoms with Crippen molar-refractivity contribution >= 4 is 11.6 Å². The minimum absolute atomic E-state index is 0.139. The van der Waals surface area contributed by atoms with Crippen molar-refractivity contribution in [2.24, 2.45) is 0 Å². The number of amides is 1. The maximum atomic E-state index is 12.2. The van der Waals surface area contributed by atoms with Crippen molar-refractivity contribution in [1.29, 1.82) is 0 Å². The fraction of sp³-hybridized carbons (Fsp3) is 0.500. The molecular formula is C12H19N3O3. The molecule has 0 aliphatic rings. The van der Waals surface area contributed by atoms with Crippen molar-refractivity contribution in [1.82, 2.24) is 9.88 Å². The zero-order valence-electron chi connectivity index (χ0n) is 10.7. The van der Waals surface area contributed by atoms with Crippen LogP contribution in [0.2, 0.25) is 0 Å². The van der Waals surface area contributed by atoms with Gasteiger partial charge in [0.25, 0.3) is 5.91 Å². The Morgan fingerprint density at radius 2 is 2.00 bits per heavy atom. The summed E-state index contributed by atoms with van der Waals surface area (Å²) in [6.07, 6.45) is 1.51. The molecule has 0 aliphatic carbocycles. The largest absolute Gasteiger partial charge is 0.395 e. The molecule has 6 heteroatoms. The summed E-state index contributed by atoms with van der Waals surface area (Å²) in [5, 5.41) is 20.8. The molecule has 0 unspecified atom stereocenters. The fourth-order valence-electron chi connectivity index (χ4n) is 1.66. The summed E-state index contributed by atoms with van der Waals surface area (Å²) >= 11 is 0. The van der Waals surface area contributed by atoms with Gasteiger partial charge in [0.05, 0.1) is 24.5 Å². The predicted molar refractivity (Wildman–Crippen MR) is 68.6 cm³/mol. The van der Waals surface area contributed by atoms with Gasteiger partial charge in [-0.15, -0.1) is 0 Å². The highest BCUT2D eigenvalue weighted by Crippen LogP contribution is 2.17. The number of nitrogens with one attached hydrogen (secondary N) is 1. The van der Waals surface area contributed by atoms with Crippen LogP contribution in [0.3, 0.4) is 0 Å². The third-order valence-corrected chi connectivity index (χ3v) is 2.57. The van der Waals surface area contributed by atoms with Crippen molar-refractivity contribution < 1.29 is 15.0 Å². The first-order valence-corrected chi connectivity index (χ1v) is 5.79. The molecule has 1 rings (SSSR count). The van der Waals surface area contributed by atoms with E-state index < -0.39 is 0 Å². The molecule has 0 radical (unpaired) electrons. The molecule has 0 atom stereocenters. The van der Waals surface area contributed by atoms with Gasteiger partial charge in [-0.05, 0) is 13.0 Å². The number of anilines is 1. The van der Waals surface area contributed by atoms with E-state index in [9.17, 15) is 4.79 Å². The summed E-state index contributed by atoms with van der Waals surface area (Å²) in [7, 11) is 1.73. The average molecular weight is 253 g/mol. The van der Waals surface area contributed by atoms with Gasteiger partial charge >= 0.3 is 0 Å². The fourth-order valence-corrected chi connectivity index (χ4v) is 1.66. The second-order valence-corrected chi connectivity index (χ2v) is 3.86. The van der Waals surface area contributed by atoms with Gasteiger partial charge in [-0.3, -0.25) is 9.78 Å². The van der Waals surface area contributed by atoms with E-state index in [4.69, 9.17) is 10.2 Å². The molecule has 0 bridgehead atoms. The number of aryl methyl sites for hydroxylation is 1. The van der Waals surface area contributed by atoms with Crippen molar-refractivity contribution in [3.8, 4) is 0 Å². The first-order chi connectivity index (χ1) is 8.63. The molecule has 1 heterocycles. The molecule has 1 aromatic rings. The Morgan fingerprint density at radius 1 is 1.39 bits per heavy atom. The highest BCUT2D eigenvalue weighted by molar-refractivity contribution is 5.99. The lowest BCUT2D eigenvalue weighted by atomic mass is 10.2. The molecule has 18 heavy (non-hydrogen) atoms. The summed E-state index contributed by atoms with van der Waals surface area (Å²) in [6.45, 7) is 1.95. The van der Waals surface area contributed by atoms with Crippen LogP contribution in [0, 0.1) is 6.92 Å². The summed E-state index contributed by atoms with van der Waals surface area (Å²) < 4.78 is 0. The van der Waals surface area contributed by atoms with Gasteiger partial charge in [-0.1, -0.05) is 0 Å². The monoisotopic (exact) mass is 253 g/mol. The molecule has 0 aliphatic heterocycles. The van der Waals surface area contributed by atoms with Crippen LogP contribution >= 0.6 is 0 Å². The van der Waals surface area contributed by atoms with Gasteiger partial charge in [0, 0.05) is 32.0 Å². The van der Waals surface area contributed by atoms with Crippen molar-refractivity contribution in [2.75, 3.05) is 38.7 Å². The number of hydrogen-bond donors (Lipinski definition) is 3. The second kappa shape index (κ2) is 6.93. The standard InChI is InChI=1S/C12H19N3O3/c1-9-7-11(13-2)10(8-14-9)12(18)15(3-5-16)4-6-17/h7-8,16-17H,3-6H2,1-2H3,(H,13,14). The molecule has 6 nitrogen and oxygen atoms in total. The lowest BCUT2D eigenvalue weighted by Crippen LogP contribution is -2.36. The summed E-state index contributed by atoms with van der Waals surface area (Å²) in [4.78, 5) is 17.7. The number of hydrogen-bond acceptors (Lipinski definition) is 5. The van der Waals surface area contributed by atoms with Crippen LogP contribution in [0.4, 0.5) is 5.69 Å². The Hall–Kier alpha value is -1.66. The highest BCUT2D eigenvalue weighted by Gasteiger charge is 2.18. The Bertz CT molecular complexity index is 404. The van der Waals surface area contributed by atoms with Crippen LogP contribution in [0.25, 0.3) is 0 Å². The quantitative estimate of drug-likeness (QED) is 0.657. The predicted octanol–water partition coefficient (Wildman–Crippen LogP) is -0.141. The van der Waals surface area contributed by atoms with E-state index in [1.165, 1.54) is 11.1 Å². The van der Waals surface area contributed by atoms with Crippen LogP contribution in [-0.4, -0.2) is 59.4 Å². The second-order valence-electron chi connectivity index (χ2n) is 3.86. The molecule has 0 saturated carbocycles. The lowest BCUT2D eigenvalue weighted by molar-refractivity contribution is 0.0685.